The standard InChI is InChI=1S/C9H6ClF3O2/c1-5(14)7-3-2-6(4-8(7)10)15-9(11,12)13/h2-4H,1H3. The van der Waals surface area contributed by atoms with Gasteiger partial charge in [-0.1, -0.05) is 11.6 Å². The van der Waals surface area contributed by atoms with Crippen molar-refractivity contribution in [2.45, 2.75) is 13.3 Å². The highest BCUT2D eigenvalue weighted by Crippen LogP contribution is 2.27. The Hall–Kier alpha value is -1.23. The molecule has 0 aliphatic heterocycles. The zero-order valence-corrected chi connectivity index (χ0v) is 8.32. The second kappa shape index (κ2) is 4.10. The Kier molecular flexibility index (Phi) is 3.24. The lowest BCUT2D eigenvalue weighted by atomic mass is 10.1. The van der Waals surface area contributed by atoms with E-state index in [2.05, 4.69) is 4.74 Å². The van der Waals surface area contributed by atoms with E-state index < -0.39 is 12.1 Å². The van der Waals surface area contributed by atoms with Crippen LogP contribution in [0.15, 0.2) is 18.2 Å². The molecule has 0 radical (unpaired) electrons. The Morgan fingerprint density at radius 1 is 1.40 bits per heavy atom. The van der Waals surface area contributed by atoms with E-state index in [9.17, 15) is 18.0 Å². The van der Waals surface area contributed by atoms with E-state index in [1.807, 2.05) is 0 Å². The van der Waals surface area contributed by atoms with Gasteiger partial charge in [-0.05, 0) is 25.1 Å². The normalized spacial score (nSPS) is 11.3. The van der Waals surface area contributed by atoms with Gasteiger partial charge in [0.1, 0.15) is 5.75 Å². The molecule has 2 nitrogen and oxygen atoms in total. The van der Waals surface area contributed by atoms with Crippen molar-refractivity contribution >= 4 is 17.4 Å². The Morgan fingerprint density at radius 2 is 2.00 bits per heavy atom. The number of halogens is 4. The van der Waals surface area contributed by atoms with E-state index in [0.29, 0.717) is 0 Å². The molecular formula is C9H6ClF3O2. The van der Waals surface area contributed by atoms with Crippen LogP contribution in [-0.4, -0.2) is 12.1 Å². The third-order valence-electron chi connectivity index (χ3n) is 1.55. The summed E-state index contributed by atoms with van der Waals surface area (Å²) in [5, 5.41) is -0.0655. The predicted molar refractivity (Wildman–Crippen MR) is 48.1 cm³/mol. The van der Waals surface area contributed by atoms with Crippen molar-refractivity contribution in [3.63, 3.8) is 0 Å². The first kappa shape index (κ1) is 11.8. The van der Waals surface area contributed by atoms with Crippen LogP contribution in [0, 0.1) is 0 Å². The number of hydrogen-bond acceptors (Lipinski definition) is 2. The summed E-state index contributed by atoms with van der Waals surface area (Å²) >= 11 is 5.59. The highest BCUT2D eigenvalue weighted by molar-refractivity contribution is 6.34. The van der Waals surface area contributed by atoms with Gasteiger partial charge in [0.25, 0.3) is 0 Å². The van der Waals surface area contributed by atoms with Gasteiger partial charge >= 0.3 is 6.36 Å². The molecule has 0 N–H and O–H groups in total. The van der Waals surface area contributed by atoms with Crippen LogP contribution in [0.5, 0.6) is 5.75 Å². The first-order valence-corrected chi connectivity index (χ1v) is 4.23. The summed E-state index contributed by atoms with van der Waals surface area (Å²) in [5.41, 5.74) is 0.159. The SMILES string of the molecule is CC(=O)c1ccc(OC(F)(F)F)cc1Cl. The van der Waals surface area contributed by atoms with Crippen molar-refractivity contribution in [1.29, 1.82) is 0 Å². The Labute approximate surface area is 88.6 Å². The number of ketones is 1. The molecule has 0 aliphatic carbocycles. The lowest BCUT2D eigenvalue weighted by molar-refractivity contribution is -0.274. The van der Waals surface area contributed by atoms with Gasteiger partial charge in [-0.2, -0.15) is 0 Å². The van der Waals surface area contributed by atoms with Crippen LogP contribution in [0.3, 0.4) is 0 Å². The fourth-order valence-electron chi connectivity index (χ4n) is 0.978. The second-order valence-electron chi connectivity index (χ2n) is 2.75. The number of benzene rings is 1. The lowest BCUT2D eigenvalue weighted by Gasteiger charge is -2.09. The Balaban J connectivity index is 2.97. The molecule has 82 valence electrons. The molecule has 1 rings (SSSR count). The minimum absolute atomic E-state index is 0.0655. The van der Waals surface area contributed by atoms with E-state index in [1.165, 1.54) is 13.0 Å². The highest BCUT2D eigenvalue weighted by Gasteiger charge is 2.31. The van der Waals surface area contributed by atoms with Gasteiger partial charge in [0.15, 0.2) is 5.78 Å². The van der Waals surface area contributed by atoms with Crippen molar-refractivity contribution in [3.05, 3.63) is 28.8 Å². The molecule has 0 saturated carbocycles. The fourth-order valence-corrected chi connectivity index (χ4v) is 1.28. The van der Waals surface area contributed by atoms with Crippen molar-refractivity contribution in [2.24, 2.45) is 0 Å². The molecule has 0 amide bonds. The first-order chi connectivity index (χ1) is 6.79. The average molecular weight is 239 g/mol. The molecule has 0 spiro atoms. The molecule has 0 aromatic heterocycles. The quantitative estimate of drug-likeness (QED) is 0.738. The number of hydrogen-bond donors (Lipinski definition) is 0. The summed E-state index contributed by atoms with van der Waals surface area (Å²) in [6.45, 7) is 1.27. The van der Waals surface area contributed by atoms with Crippen LogP contribution >= 0.6 is 11.6 Å². The van der Waals surface area contributed by atoms with E-state index in [-0.39, 0.29) is 16.4 Å². The largest absolute Gasteiger partial charge is 0.573 e. The maximum absolute atomic E-state index is 11.8. The lowest BCUT2D eigenvalue weighted by Crippen LogP contribution is -2.17. The molecule has 1 aromatic carbocycles. The van der Waals surface area contributed by atoms with Gasteiger partial charge in [-0.15, -0.1) is 13.2 Å². The smallest absolute Gasteiger partial charge is 0.406 e. The molecule has 1 aromatic rings. The molecule has 15 heavy (non-hydrogen) atoms. The highest BCUT2D eigenvalue weighted by atomic mass is 35.5. The van der Waals surface area contributed by atoms with Gasteiger partial charge in [-0.25, -0.2) is 0 Å². The molecule has 0 bridgehead atoms. The summed E-state index contributed by atoms with van der Waals surface area (Å²) in [7, 11) is 0. The maximum atomic E-state index is 11.8. The molecule has 0 saturated heterocycles. The zero-order valence-electron chi connectivity index (χ0n) is 7.56. The first-order valence-electron chi connectivity index (χ1n) is 3.86. The number of Topliss-reactive ketones (excluding diaryl/α,β-unsaturated/α-hetero) is 1. The van der Waals surface area contributed by atoms with Gasteiger partial charge < -0.3 is 4.74 Å². The van der Waals surface area contributed by atoms with Crippen molar-refractivity contribution in [3.8, 4) is 5.75 Å². The maximum Gasteiger partial charge on any atom is 0.573 e. The average Bonchev–Trinajstić information content (AvgIpc) is 1.99. The molecule has 0 unspecified atom stereocenters. The summed E-state index contributed by atoms with van der Waals surface area (Å²) in [6, 6.07) is 3.17. The molecule has 0 atom stereocenters. The number of ether oxygens (including phenoxy) is 1. The predicted octanol–water partition coefficient (Wildman–Crippen LogP) is 3.44. The molecule has 0 aliphatic rings. The zero-order chi connectivity index (χ0) is 11.6. The van der Waals surface area contributed by atoms with E-state index in [0.717, 1.165) is 12.1 Å². The fraction of sp³-hybridized carbons (Fsp3) is 0.222. The molecule has 0 fully saturated rings. The minimum atomic E-state index is -4.76. The van der Waals surface area contributed by atoms with Gasteiger partial charge in [0, 0.05) is 5.56 Å². The molecule has 0 heterocycles. The van der Waals surface area contributed by atoms with Gasteiger partial charge in [0.05, 0.1) is 5.02 Å². The third-order valence-corrected chi connectivity index (χ3v) is 1.87. The van der Waals surface area contributed by atoms with Gasteiger partial charge in [-0.3, -0.25) is 4.79 Å². The topological polar surface area (TPSA) is 26.3 Å². The Bertz CT molecular complexity index is 387. The summed E-state index contributed by atoms with van der Waals surface area (Å²) < 4.78 is 39.0. The summed E-state index contributed by atoms with van der Waals surface area (Å²) in [5.74, 6) is -0.768. The second-order valence-corrected chi connectivity index (χ2v) is 3.15. The van der Waals surface area contributed by atoms with Crippen molar-refractivity contribution in [2.75, 3.05) is 0 Å². The monoisotopic (exact) mass is 238 g/mol. The number of carbonyl (C=O) groups is 1. The van der Waals surface area contributed by atoms with Crippen molar-refractivity contribution in [1.82, 2.24) is 0 Å². The number of rotatable bonds is 2. The number of carbonyl (C=O) groups excluding carboxylic acids is 1. The van der Waals surface area contributed by atoms with Crippen LogP contribution < -0.4 is 4.74 Å². The van der Waals surface area contributed by atoms with Gasteiger partial charge in [0.2, 0.25) is 0 Å². The van der Waals surface area contributed by atoms with Crippen LogP contribution in [0.4, 0.5) is 13.2 Å². The molecule has 6 heteroatoms. The van der Waals surface area contributed by atoms with Crippen LogP contribution in [-0.2, 0) is 0 Å². The minimum Gasteiger partial charge on any atom is -0.406 e. The van der Waals surface area contributed by atoms with E-state index >= 15 is 0 Å². The van der Waals surface area contributed by atoms with Crippen LogP contribution in [0.1, 0.15) is 17.3 Å². The van der Waals surface area contributed by atoms with E-state index in [1.54, 1.807) is 0 Å². The van der Waals surface area contributed by atoms with E-state index in [4.69, 9.17) is 11.6 Å². The third kappa shape index (κ3) is 3.43. The van der Waals surface area contributed by atoms with Crippen molar-refractivity contribution < 1.29 is 22.7 Å². The van der Waals surface area contributed by atoms with Crippen LogP contribution in [0.25, 0.3) is 0 Å². The summed E-state index contributed by atoms with van der Waals surface area (Å²) in [6.07, 6.45) is -4.76. The molecular weight excluding hydrogens is 233 g/mol. The van der Waals surface area contributed by atoms with Crippen LogP contribution in [0.2, 0.25) is 5.02 Å². The number of alkyl halides is 3. The Morgan fingerprint density at radius 3 is 2.40 bits per heavy atom. The summed E-state index contributed by atoms with van der Waals surface area (Å²) in [4.78, 5) is 10.9.